The Morgan fingerprint density at radius 1 is 0.833 bits per heavy atom. The molecule has 3 aliphatic rings. The lowest BCUT2D eigenvalue weighted by atomic mass is 9.97. The first-order valence-electron chi connectivity index (χ1n) is 5.59. The van der Waals surface area contributed by atoms with E-state index in [1.54, 1.807) is 0 Å². The van der Waals surface area contributed by atoms with Gasteiger partial charge in [0.2, 0.25) is 0 Å². The fourth-order valence-electron chi connectivity index (χ4n) is 2.37. The monoisotopic (exact) mass is 238 g/mol. The van der Waals surface area contributed by atoms with Crippen molar-refractivity contribution in [2.75, 3.05) is 7.11 Å². The van der Waals surface area contributed by atoms with E-state index < -0.39 is 0 Å². The van der Waals surface area contributed by atoms with Crippen molar-refractivity contribution in [3.63, 3.8) is 0 Å². The van der Waals surface area contributed by atoms with Crippen LogP contribution < -0.4 is 4.74 Å². The topological polar surface area (TPSA) is 43.4 Å². The van der Waals surface area contributed by atoms with E-state index in [2.05, 4.69) is 0 Å². The van der Waals surface area contributed by atoms with Crippen LogP contribution in [-0.4, -0.2) is 18.7 Å². The minimum absolute atomic E-state index is 0.149. The molecule has 0 spiro atoms. The fraction of sp³-hybridized carbons (Fsp3) is 0.0667. The number of carbonyl (C=O) groups excluding carboxylic acids is 2. The van der Waals surface area contributed by atoms with Crippen LogP contribution in [0.25, 0.3) is 11.1 Å². The van der Waals surface area contributed by atoms with Crippen LogP contribution in [0, 0.1) is 0 Å². The second-order valence-corrected chi connectivity index (χ2v) is 4.08. The molecule has 0 amide bonds. The number of methoxy groups -OCH3 is 1. The quantitative estimate of drug-likeness (QED) is 0.767. The maximum absolute atomic E-state index is 12.0. The number of carbonyl (C=O) groups is 2. The molecule has 3 nitrogen and oxygen atoms in total. The van der Waals surface area contributed by atoms with Crippen LogP contribution in [0.15, 0.2) is 42.5 Å². The SMILES string of the molecule is COc1c2cccccc-2c2c1C(=O)C=CC2=O. The summed E-state index contributed by atoms with van der Waals surface area (Å²) >= 11 is 0. The molecule has 0 saturated carbocycles. The third-order valence-corrected chi connectivity index (χ3v) is 3.11. The van der Waals surface area contributed by atoms with E-state index in [0.717, 1.165) is 11.1 Å². The van der Waals surface area contributed by atoms with Crippen LogP contribution in [-0.2, 0) is 0 Å². The summed E-state index contributed by atoms with van der Waals surface area (Å²) in [6.45, 7) is 0. The Hall–Kier alpha value is -2.42. The lowest BCUT2D eigenvalue weighted by molar-refractivity contribution is 0.0993. The zero-order valence-electron chi connectivity index (χ0n) is 9.77. The molecular formula is C15H10O3. The second kappa shape index (κ2) is 3.81. The molecule has 0 bridgehead atoms. The number of fused-ring (bicyclic) bond motifs is 3. The molecule has 0 aromatic carbocycles. The third-order valence-electron chi connectivity index (χ3n) is 3.11. The van der Waals surface area contributed by atoms with Gasteiger partial charge in [-0.3, -0.25) is 9.59 Å². The Balaban J connectivity index is 2.47. The van der Waals surface area contributed by atoms with Gasteiger partial charge in [0.15, 0.2) is 11.6 Å². The molecule has 0 fully saturated rings. The summed E-state index contributed by atoms with van der Waals surface area (Å²) in [6, 6.07) is 9.27. The zero-order chi connectivity index (χ0) is 12.7. The summed E-state index contributed by atoms with van der Waals surface area (Å²) in [5.74, 6) is 0.156. The van der Waals surface area contributed by atoms with E-state index >= 15 is 0 Å². The van der Waals surface area contributed by atoms with E-state index in [4.69, 9.17) is 4.74 Å². The molecule has 0 N–H and O–H groups in total. The molecule has 0 aliphatic heterocycles. The van der Waals surface area contributed by atoms with E-state index in [1.807, 2.05) is 30.3 Å². The first-order valence-corrected chi connectivity index (χ1v) is 5.59. The lowest BCUT2D eigenvalue weighted by Crippen LogP contribution is -2.09. The van der Waals surface area contributed by atoms with E-state index in [9.17, 15) is 9.59 Å². The highest BCUT2D eigenvalue weighted by Gasteiger charge is 2.32. The molecule has 18 heavy (non-hydrogen) atoms. The van der Waals surface area contributed by atoms with E-state index in [-0.39, 0.29) is 11.6 Å². The largest absolute Gasteiger partial charge is 0.495 e. The number of hydrogen-bond donors (Lipinski definition) is 0. The lowest BCUT2D eigenvalue weighted by Gasteiger charge is -2.05. The minimum atomic E-state index is -0.180. The summed E-state index contributed by atoms with van der Waals surface area (Å²) in [6.07, 6.45) is 2.61. The van der Waals surface area contributed by atoms with Crippen LogP contribution in [0.4, 0.5) is 0 Å². The first kappa shape index (κ1) is 10.7. The van der Waals surface area contributed by atoms with Crippen LogP contribution in [0.1, 0.15) is 20.7 Å². The number of hydrogen-bond acceptors (Lipinski definition) is 3. The van der Waals surface area contributed by atoms with Gasteiger partial charge in [-0.25, -0.2) is 0 Å². The summed E-state index contributed by atoms with van der Waals surface area (Å²) in [5.41, 5.74) is 2.38. The summed E-state index contributed by atoms with van der Waals surface area (Å²) < 4.78 is 5.32. The Morgan fingerprint density at radius 2 is 1.44 bits per heavy atom. The molecule has 0 aromatic heterocycles. The molecule has 88 valence electrons. The van der Waals surface area contributed by atoms with Gasteiger partial charge in [-0.1, -0.05) is 30.3 Å². The van der Waals surface area contributed by atoms with Crippen molar-refractivity contribution >= 4 is 11.6 Å². The highest BCUT2D eigenvalue weighted by atomic mass is 16.5. The van der Waals surface area contributed by atoms with Crippen LogP contribution in [0.5, 0.6) is 5.75 Å². The summed E-state index contributed by atoms with van der Waals surface area (Å²) in [4.78, 5) is 23.9. The predicted octanol–water partition coefficient (Wildman–Crippen LogP) is 2.74. The maximum atomic E-state index is 12.0. The van der Waals surface area contributed by atoms with Gasteiger partial charge in [0.25, 0.3) is 0 Å². The molecule has 0 aromatic rings. The van der Waals surface area contributed by atoms with Crippen molar-refractivity contribution in [1.29, 1.82) is 0 Å². The Bertz CT molecular complexity index is 668. The first-order chi connectivity index (χ1) is 8.74. The highest BCUT2D eigenvalue weighted by molar-refractivity contribution is 6.27. The molecule has 3 rings (SSSR count). The van der Waals surface area contributed by atoms with Gasteiger partial charge in [-0.05, 0) is 17.7 Å². The summed E-state index contributed by atoms with van der Waals surface area (Å²) in [7, 11) is 1.51. The average molecular weight is 238 g/mol. The number of ether oxygens (including phenoxy) is 1. The molecule has 3 heteroatoms. The van der Waals surface area contributed by atoms with Crippen molar-refractivity contribution in [1.82, 2.24) is 0 Å². The van der Waals surface area contributed by atoms with Gasteiger partial charge in [-0.15, -0.1) is 0 Å². The Labute approximate surface area is 104 Å². The second-order valence-electron chi connectivity index (χ2n) is 4.08. The van der Waals surface area contributed by atoms with Gasteiger partial charge in [0.1, 0.15) is 5.75 Å². The summed E-state index contributed by atoms with van der Waals surface area (Å²) in [5, 5.41) is 0. The van der Waals surface area contributed by atoms with Crippen LogP contribution in [0.3, 0.4) is 0 Å². The van der Waals surface area contributed by atoms with Crippen molar-refractivity contribution in [2.45, 2.75) is 0 Å². The fourth-order valence-corrected chi connectivity index (χ4v) is 2.37. The standard InChI is InChI=1S/C15H10O3/c1-18-15-10-6-4-2-3-5-9(10)13-11(16)7-8-12(17)14(13)15/h2-8H,1H3. The molecular weight excluding hydrogens is 228 g/mol. The van der Waals surface area contributed by atoms with Crippen molar-refractivity contribution in [3.05, 3.63) is 53.6 Å². The highest BCUT2D eigenvalue weighted by Crippen LogP contribution is 2.43. The van der Waals surface area contributed by atoms with Crippen LogP contribution >= 0.6 is 0 Å². The van der Waals surface area contributed by atoms with Gasteiger partial charge in [0.05, 0.1) is 12.7 Å². The van der Waals surface area contributed by atoms with E-state index in [0.29, 0.717) is 16.9 Å². The molecule has 0 radical (unpaired) electrons. The minimum Gasteiger partial charge on any atom is -0.495 e. The van der Waals surface area contributed by atoms with Gasteiger partial charge in [-0.2, -0.15) is 0 Å². The average Bonchev–Trinajstić information content (AvgIpc) is 2.53. The number of ketones is 2. The van der Waals surface area contributed by atoms with Crippen molar-refractivity contribution < 1.29 is 14.3 Å². The Morgan fingerprint density at radius 3 is 2.11 bits per heavy atom. The van der Waals surface area contributed by atoms with E-state index in [1.165, 1.54) is 19.3 Å². The van der Waals surface area contributed by atoms with Gasteiger partial charge in [0, 0.05) is 11.1 Å². The number of rotatable bonds is 1. The molecule has 0 heterocycles. The zero-order valence-corrected chi connectivity index (χ0v) is 9.77. The van der Waals surface area contributed by atoms with Crippen LogP contribution in [0.2, 0.25) is 0 Å². The Kier molecular flexibility index (Phi) is 2.27. The normalized spacial score (nSPS) is 13.8. The molecule has 3 aliphatic carbocycles. The van der Waals surface area contributed by atoms with Gasteiger partial charge < -0.3 is 4.74 Å². The molecule has 0 unspecified atom stereocenters. The van der Waals surface area contributed by atoms with Crippen molar-refractivity contribution in [3.8, 4) is 16.9 Å². The van der Waals surface area contributed by atoms with Crippen molar-refractivity contribution in [2.24, 2.45) is 0 Å². The molecule has 0 atom stereocenters. The smallest absolute Gasteiger partial charge is 0.190 e. The number of allylic oxidation sites excluding steroid dienone is 2. The maximum Gasteiger partial charge on any atom is 0.190 e. The van der Waals surface area contributed by atoms with Gasteiger partial charge >= 0.3 is 0 Å². The predicted molar refractivity (Wildman–Crippen MR) is 67.4 cm³/mol. The third kappa shape index (κ3) is 1.31. The molecule has 0 saturated heterocycles.